The number of halogens is 2. The highest BCUT2D eigenvalue weighted by Gasteiger charge is 2.08. The van der Waals surface area contributed by atoms with Crippen LogP contribution in [0.4, 0.5) is 17.3 Å². The molecule has 18 heavy (non-hydrogen) atoms. The van der Waals surface area contributed by atoms with Crippen molar-refractivity contribution in [3.05, 3.63) is 33.7 Å². The second-order valence-corrected chi connectivity index (χ2v) is 5.14. The Hall–Kier alpha value is -1.21. The second kappa shape index (κ2) is 6.10. The molecule has 0 unspecified atom stereocenters. The zero-order chi connectivity index (χ0) is 13.0. The first-order valence-corrected chi connectivity index (χ1v) is 6.91. The van der Waals surface area contributed by atoms with Gasteiger partial charge in [-0.05, 0) is 44.8 Å². The Balaban J connectivity index is 2.26. The van der Waals surface area contributed by atoms with Crippen LogP contribution in [-0.2, 0) is 0 Å². The fraction of sp³-hybridized carbons (Fsp3) is 0.182. The van der Waals surface area contributed by atoms with Crippen LogP contribution in [0.15, 0.2) is 33.7 Å². The monoisotopic (exact) mass is 371 g/mol. The average Bonchev–Trinajstić information content (AvgIpc) is 2.35. The quantitative estimate of drug-likeness (QED) is 0.858. The molecule has 2 aromatic heterocycles. The van der Waals surface area contributed by atoms with Crippen LogP contribution in [0.25, 0.3) is 0 Å². The lowest BCUT2D eigenvalue weighted by Crippen LogP contribution is -2.03. The number of nitrogens with zero attached hydrogens (tertiary/aromatic N) is 3. The van der Waals surface area contributed by atoms with Crippen LogP contribution in [0, 0.1) is 0 Å². The Morgan fingerprint density at radius 3 is 2.67 bits per heavy atom. The molecule has 94 valence electrons. The molecule has 0 fully saturated rings. The fourth-order valence-corrected chi connectivity index (χ4v) is 2.17. The number of hydrogen-bond acceptors (Lipinski definition) is 5. The van der Waals surface area contributed by atoms with Gasteiger partial charge in [-0.15, -0.1) is 0 Å². The minimum atomic E-state index is 0.695. The molecule has 0 bridgehead atoms. The van der Waals surface area contributed by atoms with Gasteiger partial charge in [0, 0.05) is 17.2 Å². The summed E-state index contributed by atoms with van der Waals surface area (Å²) in [6, 6.07) is 1.93. The molecule has 2 heterocycles. The molecule has 2 N–H and O–H groups in total. The van der Waals surface area contributed by atoms with E-state index in [4.69, 9.17) is 0 Å². The van der Waals surface area contributed by atoms with Gasteiger partial charge in [0.25, 0.3) is 0 Å². The van der Waals surface area contributed by atoms with Crippen molar-refractivity contribution in [2.24, 2.45) is 0 Å². The van der Waals surface area contributed by atoms with Crippen LogP contribution in [0.5, 0.6) is 0 Å². The highest BCUT2D eigenvalue weighted by Crippen LogP contribution is 2.29. The molecule has 7 heteroatoms. The van der Waals surface area contributed by atoms with Gasteiger partial charge in [-0.1, -0.05) is 0 Å². The van der Waals surface area contributed by atoms with Crippen LogP contribution >= 0.6 is 31.9 Å². The maximum absolute atomic E-state index is 4.19. The maximum Gasteiger partial charge on any atom is 0.150 e. The van der Waals surface area contributed by atoms with Gasteiger partial charge in [0.15, 0.2) is 0 Å². The number of aromatic nitrogens is 3. The Bertz CT molecular complexity index is 547. The first-order chi connectivity index (χ1) is 8.70. The molecule has 0 aromatic carbocycles. The number of anilines is 3. The Morgan fingerprint density at radius 1 is 1.17 bits per heavy atom. The molecule has 0 aliphatic carbocycles. The highest BCUT2D eigenvalue weighted by atomic mass is 79.9. The maximum atomic E-state index is 4.19. The highest BCUT2D eigenvalue weighted by molar-refractivity contribution is 9.11. The lowest BCUT2D eigenvalue weighted by atomic mass is 10.4. The molecule has 5 nitrogen and oxygen atoms in total. The third-order valence-corrected chi connectivity index (χ3v) is 3.29. The molecular weight excluding hydrogens is 362 g/mol. The molecule has 0 aliphatic heterocycles. The molecule has 0 saturated heterocycles. The van der Waals surface area contributed by atoms with E-state index in [2.05, 4.69) is 57.4 Å². The fourth-order valence-electron chi connectivity index (χ4n) is 1.36. The Morgan fingerprint density at radius 2 is 1.94 bits per heavy atom. The number of nitrogens with one attached hydrogen (secondary N) is 2. The summed E-state index contributed by atoms with van der Waals surface area (Å²) in [4.78, 5) is 12.4. The summed E-state index contributed by atoms with van der Waals surface area (Å²) in [6.07, 6.45) is 4.97. The molecule has 0 atom stereocenters. The summed E-state index contributed by atoms with van der Waals surface area (Å²) in [7, 11) is 0. The summed E-state index contributed by atoms with van der Waals surface area (Å²) in [5, 5.41) is 6.33. The Kier molecular flexibility index (Phi) is 4.48. The van der Waals surface area contributed by atoms with Crippen LogP contribution in [-0.4, -0.2) is 21.5 Å². The molecule has 0 aliphatic rings. The third kappa shape index (κ3) is 3.17. The smallest absolute Gasteiger partial charge is 0.150 e. The van der Waals surface area contributed by atoms with E-state index in [0.29, 0.717) is 5.82 Å². The van der Waals surface area contributed by atoms with Crippen molar-refractivity contribution in [1.82, 2.24) is 15.0 Å². The third-order valence-electron chi connectivity index (χ3n) is 2.10. The average molecular weight is 373 g/mol. The van der Waals surface area contributed by atoms with Crippen LogP contribution in [0.1, 0.15) is 6.92 Å². The topological polar surface area (TPSA) is 62.7 Å². The molecule has 0 saturated carbocycles. The van der Waals surface area contributed by atoms with Crippen molar-refractivity contribution in [1.29, 1.82) is 0 Å². The zero-order valence-corrected chi connectivity index (χ0v) is 12.8. The summed E-state index contributed by atoms with van der Waals surface area (Å²) >= 11 is 6.85. The summed E-state index contributed by atoms with van der Waals surface area (Å²) in [5.41, 5.74) is 0.853. The zero-order valence-electron chi connectivity index (χ0n) is 9.61. The van der Waals surface area contributed by atoms with E-state index < -0.39 is 0 Å². The minimum Gasteiger partial charge on any atom is -0.369 e. The van der Waals surface area contributed by atoms with E-state index in [1.807, 2.05) is 13.0 Å². The summed E-state index contributed by atoms with van der Waals surface area (Å²) in [5.74, 6) is 1.46. The van der Waals surface area contributed by atoms with E-state index in [1.54, 1.807) is 12.4 Å². The standard InChI is InChI=1S/C11H11Br2N5/c1-2-15-10-9(13)11(17-6-16-10)18-8-3-7(12)4-14-5-8/h3-6H,2H2,1H3,(H2,15,16,17,18). The first kappa shape index (κ1) is 13.2. The van der Waals surface area contributed by atoms with Crippen LogP contribution in [0.3, 0.4) is 0 Å². The van der Waals surface area contributed by atoms with Crippen molar-refractivity contribution < 1.29 is 0 Å². The summed E-state index contributed by atoms with van der Waals surface area (Å²) in [6.45, 7) is 2.81. The van der Waals surface area contributed by atoms with Gasteiger partial charge >= 0.3 is 0 Å². The van der Waals surface area contributed by atoms with Gasteiger partial charge < -0.3 is 10.6 Å². The van der Waals surface area contributed by atoms with Crippen LogP contribution in [0.2, 0.25) is 0 Å². The first-order valence-electron chi connectivity index (χ1n) is 5.32. The van der Waals surface area contributed by atoms with E-state index in [-0.39, 0.29) is 0 Å². The lowest BCUT2D eigenvalue weighted by Gasteiger charge is -2.10. The Labute approximate surface area is 122 Å². The largest absolute Gasteiger partial charge is 0.369 e. The van der Waals surface area contributed by atoms with Gasteiger partial charge in [-0.2, -0.15) is 0 Å². The van der Waals surface area contributed by atoms with Crippen molar-refractivity contribution in [3.8, 4) is 0 Å². The SMILES string of the molecule is CCNc1ncnc(Nc2cncc(Br)c2)c1Br. The van der Waals surface area contributed by atoms with Gasteiger partial charge in [0.2, 0.25) is 0 Å². The molecule has 0 amide bonds. The van der Waals surface area contributed by atoms with E-state index in [1.165, 1.54) is 6.33 Å². The predicted molar refractivity (Wildman–Crippen MR) is 79.1 cm³/mol. The molecule has 0 radical (unpaired) electrons. The van der Waals surface area contributed by atoms with E-state index in [9.17, 15) is 0 Å². The second-order valence-electron chi connectivity index (χ2n) is 3.43. The van der Waals surface area contributed by atoms with Gasteiger partial charge in [0.1, 0.15) is 22.4 Å². The molecular formula is C11H11Br2N5. The van der Waals surface area contributed by atoms with Crippen molar-refractivity contribution >= 4 is 49.2 Å². The van der Waals surface area contributed by atoms with E-state index >= 15 is 0 Å². The number of rotatable bonds is 4. The molecule has 2 rings (SSSR count). The number of pyridine rings is 1. The van der Waals surface area contributed by atoms with Crippen molar-refractivity contribution in [3.63, 3.8) is 0 Å². The lowest BCUT2D eigenvalue weighted by molar-refractivity contribution is 1.10. The normalized spacial score (nSPS) is 10.2. The van der Waals surface area contributed by atoms with Gasteiger partial charge in [-0.3, -0.25) is 4.98 Å². The van der Waals surface area contributed by atoms with Crippen molar-refractivity contribution in [2.75, 3.05) is 17.2 Å². The predicted octanol–water partition coefficient (Wildman–Crippen LogP) is 3.57. The molecule has 0 spiro atoms. The summed E-state index contributed by atoms with van der Waals surface area (Å²) < 4.78 is 1.71. The van der Waals surface area contributed by atoms with Crippen LogP contribution < -0.4 is 10.6 Å². The van der Waals surface area contributed by atoms with E-state index in [0.717, 1.165) is 27.0 Å². The van der Waals surface area contributed by atoms with Crippen molar-refractivity contribution in [2.45, 2.75) is 6.92 Å². The minimum absolute atomic E-state index is 0.695. The van der Waals surface area contributed by atoms with Gasteiger partial charge in [-0.25, -0.2) is 9.97 Å². The van der Waals surface area contributed by atoms with Gasteiger partial charge in [0.05, 0.1) is 11.9 Å². The number of hydrogen-bond donors (Lipinski definition) is 2. The molecule has 2 aromatic rings.